The molecule has 1 atom stereocenters. The quantitative estimate of drug-likeness (QED) is 0.630. The number of hydrogen-bond donors (Lipinski definition) is 1. The molecule has 1 aliphatic rings. The minimum Gasteiger partial charge on any atom is -0.484 e. The lowest BCUT2D eigenvalue weighted by Gasteiger charge is -2.33. The van der Waals surface area contributed by atoms with Crippen LogP contribution in [0.1, 0.15) is 31.1 Å². The zero-order valence-corrected chi connectivity index (χ0v) is 18.4. The van der Waals surface area contributed by atoms with Crippen molar-refractivity contribution in [3.63, 3.8) is 0 Å². The summed E-state index contributed by atoms with van der Waals surface area (Å²) in [7, 11) is 0. The fraction of sp³-hybridized carbons (Fsp3) is 0.348. The topological polar surface area (TPSA) is 84.9 Å². The Morgan fingerprint density at radius 2 is 1.94 bits per heavy atom. The Morgan fingerprint density at radius 1 is 1.19 bits per heavy atom. The van der Waals surface area contributed by atoms with Crippen molar-refractivity contribution in [1.82, 2.24) is 5.32 Å². The number of hydrogen-bond acceptors (Lipinski definition) is 5. The summed E-state index contributed by atoms with van der Waals surface area (Å²) in [6.45, 7) is 5.75. The Balaban J connectivity index is 1.79. The molecule has 0 aliphatic carbocycles. The third-order valence-corrected chi connectivity index (χ3v) is 5.12. The molecule has 164 valence electrons. The zero-order chi connectivity index (χ0) is 22.5. The van der Waals surface area contributed by atoms with E-state index in [4.69, 9.17) is 21.1 Å². The molecule has 7 nitrogen and oxygen atoms in total. The van der Waals surface area contributed by atoms with E-state index in [0.29, 0.717) is 34.3 Å². The summed E-state index contributed by atoms with van der Waals surface area (Å²) in [5.74, 6) is 0.215. The summed E-state index contributed by atoms with van der Waals surface area (Å²) in [6, 6.07) is 10.9. The van der Waals surface area contributed by atoms with E-state index in [-0.39, 0.29) is 36.7 Å². The van der Waals surface area contributed by atoms with Crippen LogP contribution in [0.4, 0.5) is 5.69 Å². The van der Waals surface area contributed by atoms with Gasteiger partial charge in [-0.3, -0.25) is 19.3 Å². The molecule has 1 heterocycles. The molecule has 31 heavy (non-hydrogen) atoms. The van der Waals surface area contributed by atoms with E-state index >= 15 is 0 Å². The third kappa shape index (κ3) is 5.35. The summed E-state index contributed by atoms with van der Waals surface area (Å²) in [5.41, 5.74) is 0.718. The van der Waals surface area contributed by atoms with Gasteiger partial charge in [-0.1, -0.05) is 37.6 Å². The van der Waals surface area contributed by atoms with Crippen LogP contribution in [0.2, 0.25) is 5.02 Å². The summed E-state index contributed by atoms with van der Waals surface area (Å²) in [4.78, 5) is 39.2. The van der Waals surface area contributed by atoms with E-state index in [1.54, 1.807) is 49.4 Å². The van der Waals surface area contributed by atoms with Gasteiger partial charge < -0.3 is 14.8 Å². The number of nitrogens with zero attached hydrogens (tertiary/aromatic N) is 1. The van der Waals surface area contributed by atoms with Gasteiger partial charge in [0, 0.05) is 12.1 Å². The van der Waals surface area contributed by atoms with Crippen LogP contribution in [0.5, 0.6) is 11.5 Å². The summed E-state index contributed by atoms with van der Waals surface area (Å²) < 4.78 is 11.0. The number of ketones is 1. The van der Waals surface area contributed by atoms with Crippen molar-refractivity contribution >= 4 is 34.9 Å². The Hall–Kier alpha value is -3.06. The number of halogens is 1. The molecule has 0 fully saturated rings. The number of ether oxygens (including phenoxy) is 2. The van der Waals surface area contributed by atoms with Gasteiger partial charge in [0.2, 0.25) is 5.91 Å². The first-order valence-electron chi connectivity index (χ1n) is 10.0. The van der Waals surface area contributed by atoms with Crippen LogP contribution in [-0.2, 0) is 9.59 Å². The van der Waals surface area contributed by atoms with Gasteiger partial charge in [0.25, 0.3) is 5.91 Å². The second-order valence-corrected chi connectivity index (χ2v) is 8.10. The number of amides is 2. The number of para-hydroxylation sites is 1. The van der Waals surface area contributed by atoms with Crippen LogP contribution in [0.3, 0.4) is 0 Å². The normalized spacial score (nSPS) is 14.0. The molecule has 0 saturated heterocycles. The number of rotatable bonds is 8. The maximum atomic E-state index is 12.7. The highest BCUT2D eigenvalue weighted by molar-refractivity contribution is 6.32. The van der Waals surface area contributed by atoms with E-state index in [2.05, 4.69) is 5.32 Å². The van der Waals surface area contributed by atoms with Gasteiger partial charge in [-0.25, -0.2) is 0 Å². The number of carbonyl (C=O) groups is 3. The van der Waals surface area contributed by atoms with Crippen LogP contribution in [0.15, 0.2) is 42.5 Å². The number of fused-ring (bicyclic) bond motifs is 1. The second-order valence-electron chi connectivity index (χ2n) is 7.69. The molecule has 8 heteroatoms. The average molecular weight is 445 g/mol. The molecule has 0 saturated carbocycles. The van der Waals surface area contributed by atoms with Gasteiger partial charge in [-0.05, 0) is 43.2 Å². The maximum Gasteiger partial charge on any atom is 0.265 e. The van der Waals surface area contributed by atoms with Crippen molar-refractivity contribution < 1.29 is 23.9 Å². The molecule has 0 aromatic heterocycles. The largest absolute Gasteiger partial charge is 0.484 e. The van der Waals surface area contributed by atoms with Gasteiger partial charge in [-0.15, -0.1) is 0 Å². The van der Waals surface area contributed by atoms with Gasteiger partial charge in [0.1, 0.15) is 17.5 Å². The monoisotopic (exact) mass is 444 g/mol. The van der Waals surface area contributed by atoms with E-state index in [1.165, 1.54) is 4.90 Å². The maximum absolute atomic E-state index is 12.7. The highest BCUT2D eigenvalue weighted by Crippen LogP contribution is 2.34. The van der Waals surface area contributed by atoms with Crippen molar-refractivity contribution in [3.05, 3.63) is 53.1 Å². The second kappa shape index (κ2) is 9.83. The first-order chi connectivity index (χ1) is 14.8. The highest BCUT2D eigenvalue weighted by Gasteiger charge is 2.33. The lowest BCUT2D eigenvalue weighted by Crippen LogP contribution is -2.52. The van der Waals surface area contributed by atoms with Crippen LogP contribution < -0.4 is 19.7 Å². The molecule has 1 aliphatic heterocycles. The van der Waals surface area contributed by atoms with E-state index in [0.717, 1.165) is 0 Å². The van der Waals surface area contributed by atoms with Crippen LogP contribution in [0.25, 0.3) is 0 Å². The summed E-state index contributed by atoms with van der Waals surface area (Å²) in [5, 5.41) is 3.25. The molecule has 2 aromatic carbocycles. The number of anilines is 1. The first-order valence-corrected chi connectivity index (χ1v) is 10.4. The SMILES string of the molecule is CC(C)CNC(=O)C(C)N1C(=O)COc2ccc(C(=O)COc3ccccc3Cl)cc21. The lowest BCUT2D eigenvalue weighted by atomic mass is 10.1. The standard InChI is InChI=1S/C23H25ClN2O5/c1-14(2)11-25-23(29)15(3)26-18-10-16(8-9-21(18)31-13-22(26)28)19(27)12-30-20-7-5-4-6-17(20)24/h4-10,14-15H,11-13H2,1-3H3,(H,25,29). The van der Waals surface area contributed by atoms with Crippen molar-refractivity contribution in [2.24, 2.45) is 5.92 Å². The molecular formula is C23H25ClN2O5. The Morgan fingerprint density at radius 3 is 2.65 bits per heavy atom. The minimum absolute atomic E-state index is 0.169. The van der Waals surface area contributed by atoms with Crippen LogP contribution in [0, 0.1) is 5.92 Å². The Labute approximate surface area is 186 Å². The van der Waals surface area contributed by atoms with E-state index < -0.39 is 6.04 Å². The van der Waals surface area contributed by atoms with Crippen molar-refractivity contribution in [2.45, 2.75) is 26.8 Å². The molecule has 1 unspecified atom stereocenters. The fourth-order valence-corrected chi connectivity index (χ4v) is 3.32. The molecule has 0 radical (unpaired) electrons. The summed E-state index contributed by atoms with van der Waals surface area (Å²) >= 11 is 6.06. The molecule has 1 N–H and O–H groups in total. The van der Waals surface area contributed by atoms with Crippen molar-refractivity contribution in [3.8, 4) is 11.5 Å². The van der Waals surface area contributed by atoms with Gasteiger partial charge in [0.05, 0.1) is 10.7 Å². The molecule has 0 bridgehead atoms. The smallest absolute Gasteiger partial charge is 0.265 e. The van der Waals surface area contributed by atoms with Gasteiger partial charge in [-0.2, -0.15) is 0 Å². The minimum atomic E-state index is -0.751. The third-order valence-electron chi connectivity index (χ3n) is 4.81. The highest BCUT2D eigenvalue weighted by atomic mass is 35.5. The predicted molar refractivity (Wildman–Crippen MR) is 118 cm³/mol. The zero-order valence-electron chi connectivity index (χ0n) is 17.7. The molecule has 3 rings (SSSR count). The average Bonchev–Trinajstić information content (AvgIpc) is 2.75. The summed E-state index contributed by atoms with van der Waals surface area (Å²) in [6.07, 6.45) is 0. The van der Waals surface area contributed by atoms with E-state index in [1.807, 2.05) is 13.8 Å². The first kappa shape index (κ1) is 22.6. The lowest BCUT2D eigenvalue weighted by molar-refractivity contribution is -0.127. The number of nitrogens with one attached hydrogen (secondary N) is 1. The number of benzene rings is 2. The van der Waals surface area contributed by atoms with Gasteiger partial charge >= 0.3 is 0 Å². The molecule has 0 spiro atoms. The molecular weight excluding hydrogens is 420 g/mol. The number of Topliss-reactive ketones (excluding diaryl/α,β-unsaturated/α-hetero) is 1. The Kier molecular flexibility index (Phi) is 7.17. The van der Waals surface area contributed by atoms with Gasteiger partial charge in [0.15, 0.2) is 19.0 Å². The Bertz CT molecular complexity index is 992. The van der Waals surface area contributed by atoms with Crippen molar-refractivity contribution in [1.29, 1.82) is 0 Å². The number of carbonyl (C=O) groups excluding carboxylic acids is 3. The predicted octanol–water partition coefficient (Wildman–Crippen LogP) is 3.49. The molecule has 2 amide bonds. The van der Waals surface area contributed by atoms with Crippen molar-refractivity contribution in [2.75, 3.05) is 24.7 Å². The fourth-order valence-electron chi connectivity index (χ4n) is 3.13. The molecule has 2 aromatic rings. The van der Waals surface area contributed by atoms with E-state index in [9.17, 15) is 14.4 Å². The van der Waals surface area contributed by atoms with Crippen LogP contribution in [-0.4, -0.2) is 43.4 Å². The van der Waals surface area contributed by atoms with Crippen LogP contribution >= 0.6 is 11.6 Å².